The standard InChI is InChI=1S/C23H38N6O2/c1-5-24-21(26-16-20-17-28-12-14-29(20)15-13-28)25-11-10-18-6-8-19(9-7-18)27-22(30)31-23(2,3)4/h6-9,20H,5,10-17H2,1-4H3,(H,27,30)(H2,24,25,26). The molecule has 31 heavy (non-hydrogen) atoms. The lowest BCUT2D eigenvalue weighted by molar-refractivity contribution is 0.0174. The van der Waals surface area contributed by atoms with Crippen LogP contribution in [-0.4, -0.2) is 85.9 Å². The molecule has 8 heteroatoms. The summed E-state index contributed by atoms with van der Waals surface area (Å²) in [5.41, 5.74) is 1.42. The topological polar surface area (TPSA) is 81.2 Å². The van der Waals surface area contributed by atoms with E-state index in [0.29, 0.717) is 6.04 Å². The molecule has 1 aromatic carbocycles. The third-order valence-electron chi connectivity index (χ3n) is 5.50. The highest BCUT2D eigenvalue weighted by molar-refractivity contribution is 5.84. The molecule has 1 amide bonds. The lowest BCUT2D eigenvalue weighted by Gasteiger charge is -2.47. The number of carbonyl (C=O) groups is 1. The normalized spacial score (nSPS) is 23.4. The molecule has 1 unspecified atom stereocenters. The minimum atomic E-state index is -0.507. The van der Waals surface area contributed by atoms with Crippen LogP contribution in [0.15, 0.2) is 29.3 Å². The van der Waals surface area contributed by atoms with Gasteiger partial charge in [-0.2, -0.15) is 0 Å². The second kappa shape index (κ2) is 10.8. The van der Waals surface area contributed by atoms with Crippen molar-refractivity contribution < 1.29 is 9.53 Å². The fraction of sp³-hybridized carbons (Fsp3) is 0.652. The van der Waals surface area contributed by atoms with Crippen LogP contribution in [0.4, 0.5) is 10.5 Å². The van der Waals surface area contributed by atoms with Gasteiger partial charge in [0.05, 0.1) is 6.54 Å². The number of hydrogen-bond acceptors (Lipinski definition) is 5. The van der Waals surface area contributed by atoms with Gasteiger partial charge in [-0.3, -0.25) is 20.1 Å². The number of benzene rings is 1. The zero-order valence-electron chi connectivity index (χ0n) is 19.4. The van der Waals surface area contributed by atoms with Gasteiger partial charge in [-0.15, -0.1) is 0 Å². The van der Waals surface area contributed by atoms with Gasteiger partial charge in [-0.05, 0) is 51.8 Å². The molecule has 0 aliphatic carbocycles. The van der Waals surface area contributed by atoms with Gasteiger partial charge in [-0.1, -0.05) is 12.1 Å². The number of guanidine groups is 1. The van der Waals surface area contributed by atoms with Crippen LogP contribution in [-0.2, 0) is 11.2 Å². The maximum absolute atomic E-state index is 11.9. The smallest absolute Gasteiger partial charge is 0.412 e. The molecule has 3 fully saturated rings. The van der Waals surface area contributed by atoms with Gasteiger partial charge < -0.3 is 15.4 Å². The number of carbonyl (C=O) groups excluding carboxylic acids is 1. The third kappa shape index (κ3) is 7.70. The summed E-state index contributed by atoms with van der Waals surface area (Å²) in [6.07, 6.45) is 0.438. The molecule has 1 aromatic rings. The number of amides is 1. The van der Waals surface area contributed by atoms with E-state index in [4.69, 9.17) is 9.73 Å². The van der Waals surface area contributed by atoms with Crippen LogP contribution in [0.5, 0.6) is 0 Å². The van der Waals surface area contributed by atoms with E-state index in [2.05, 4.69) is 32.7 Å². The highest BCUT2D eigenvalue weighted by Crippen LogP contribution is 2.16. The lowest BCUT2D eigenvalue weighted by Crippen LogP contribution is -2.62. The maximum Gasteiger partial charge on any atom is 0.412 e. The van der Waals surface area contributed by atoms with Crippen LogP contribution in [0.2, 0.25) is 0 Å². The van der Waals surface area contributed by atoms with Crippen molar-refractivity contribution >= 4 is 17.7 Å². The number of hydrogen-bond donors (Lipinski definition) is 3. The Bertz CT molecular complexity index is 735. The van der Waals surface area contributed by atoms with Crippen LogP contribution in [0.3, 0.4) is 0 Å². The first-order chi connectivity index (χ1) is 14.8. The Balaban J connectivity index is 1.43. The summed E-state index contributed by atoms with van der Waals surface area (Å²) in [6, 6.07) is 8.39. The molecule has 1 atom stereocenters. The molecular weight excluding hydrogens is 392 g/mol. The number of piperazine rings is 3. The fourth-order valence-corrected chi connectivity index (χ4v) is 3.94. The quantitative estimate of drug-likeness (QED) is 0.454. The van der Waals surface area contributed by atoms with E-state index in [1.54, 1.807) is 0 Å². The molecule has 0 saturated carbocycles. The number of anilines is 1. The average molecular weight is 431 g/mol. The SMILES string of the molecule is CCNC(=NCC1CN2CCN1CC2)NCCc1ccc(NC(=O)OC(C)(C)C)cc1. The summed E-state index contributed by atoms with van der Waals surface area (Å²) < 4.78 is 5.28. The van der Waals surface area contributed by atoms with Crippen molar-refractivity contribution in [1.29, 1.82) is 0 Å². The number of rotatable bonds is 7. The van der Waals surface area contributed by atoms with Crippen molar-refractivity contribution in [3.05, 3.63) is 29.8 Å². The number of aliphatic imine (C=N–C) groups is 1. The van der Waals surface area contributed by atoms with Gasteiger partial charge in [0, 0.05) is 57.5 Å². The number of nitrogens with one attached hydrogen (secondary N) is 3. The fourth-order valence-electron chi connectivity index (χ4n) is 3.94. The zero-order chi connectivity index (χ0) is 22.3. The molecule has 3 heterocycles. The van der Waals surface area contributed by atoms with Crippen LogP contribution >= 0.6 is 0 Å². The monoisotopic (exact) mass is 430 g/mol. The first-order valence-electron chi connectivity index (χ1n) is 11.4. The summed E-state index contributed by atoms with van der Waals surface area (Å²) in [4.78, 5) is 21.8. The Morgan fingerprint density at radius 1 is 1.13 bits per heavy atom. The van der Waals surface area contributed by atoms with E-state index in [9.17, 15) is 4.79 Å². The highest BCUT2D eigenvalue weighted by Gasteiger charge is 2.31. The van der Waals surface area contributed by atoms with Crippen molar-refractivity contribution in [2.75, 3.05) is 57.7 Å². The van der Waals surface area contributed by atoms with Gasteiger partial charge in [0.25, 0.3) is 0 Å². The molecule has 2 bridgehead atoms. The molecule has 3 aliphatic heterocycles. The van der Waals surface area contributed by atoms with Crippen LogP contribution in [0, 0.1) is 0 Å². The van der Waals surface area contributed by atoms with Crippen molar-refractivity contribution in [3.8, 4) is 0 Å². The van der Waals surface area contributed by atoms with Crippen LogP contribution in [0.1, 0.15) is 33.3 Å². The minimum Gasteiger partial charge on any atom is -0.444 e. The molecule has 3 aliphatic rings. The summed E-state index contributed by atoms with van der Waals surface area (Å²) in [7, 11) is 0. The molecular formula is C23H38N6O2. The largest absolute Gasteiger partial charge is 0.444 e. The summed E-state index contributed by atoms with van der Waals surface area (Å²) in [5, 5.41) is 9.55. The van der Waals surface area contributed by atoms with Gasteiger partial charge in [0.2, 0.25) is 0 Å². The summed E-state index contributed by atoms with van der Waals surface area (Å²) in [5.74, 6) is 0.878. The van der Waals surface area contributed by atoms with Crippen molar-refractivity contribution in [2.24, 2.45) is 4.99 Å². The first kappa shape index (κ1) is 23.3. The van der Waals surface area contributed by atoms with E-state index >= 15 is 0 Å². The van der Waals surface area contributed by atoms with E-state index in [1.165, 1.54) is 31.7 Å². The van der Waals surface area contributed by atoms with Gasteiger partial charge in [-0.25, -0.2) is 4.79 Å². The maximum atomic E-state index is 11.9. The highest BCUT2D eigenvalue weighted by atomic mass is 16.6. The Morgan fingerprint density at radius 2 is 1.84 bits per heavy atom. The molecule has 172 valence electrons. The van der Waals surface area contributed by atoms with E-state index in [-0.39, 0.29) is 0 Å². The van der Waals surface area contributed by atoms with E-state index in [1.807, 2.05) is 45.0 Å². The number of fused-ring (bicyclic) bond motifs is 3. The summed E-state index contributed by atoms with van der Waals surface area (Å²) in [6.45, 7) is 16.0. The lowest BCUT2D eigenvalue weighted by atomic mass is 10.1. The molecule has 4 rings (SSSR count). The van der Waals surface area contributed by atoms with Crippen LogP contribution in [0.25, 0.3) is 0 Å². The Hall–Kier alpha value is -2.32. The van der Waals surface area contributed by atoms with Crippen molar-refractivity contribution in [1.82, 2.24) is 20.4 Å². The number of nitrogens with zero attached hydrogens (tertiary/aromatic N) is 3. The van der Waals surface area contributed by atoms with Gasteiger partial charge >= 0.3 is 6.09 Å². The van der Waals surface area contributed by atoms with Gasteiger partial charge in [0.1, 0.15) is 5.60 Å². The van der Waals surface area contributed by atoms with Crippen molar-refractivity contribution in [2.45, 2.75) is 45.8 Å². The van der Waals surface area contributed by atoms with E-state index < -0.39 is 11.7 Å². The predicted octanol–water partition coefficient (Wildman–Crippen LogP) is 2.13. The molecule has 8 nitrogen and oxygen atoms in total. The molecule has 3 N–H and O–H groups in total. The second-order valence-corrected chi connectivity index (χ2v) is 9.21. The predicted molar refractivity (Wildman–Crippen MR) is 126 cm³/mol. The molecule has 3 saturated heterocycles. The van der Waals surface area contributed by atoms with E-state index in [0.717, 1.165) is 44.2 Å². The molecule has 0 aromatic heterocycles. The Morgan fingerprint density at radius 3 is 2.42 bits per heavy atom. The minimum absolute atomic E-state index is 0.437. The van der Waals surface area contributed by atoms with Crippen molar-refractivity contribution in [3.63, 3.8) is 0 Å². The van der Waals surface area contributed by atoms with Crippen LogP contribution < -0.4 is 16.0 Å². The summed E-state index contributed by atoms with van der Waals surface area (Å²) >= 11 is 0. The second-order valence-electron chi connectivity index (χ2n) is 9.21. The third-order valence-corrected chi connectivity index (χ3v) is 5.50. The van der Waals surface area contributed by atoms with Gasteiger partial charge in [0.15, 0.2) is 5.96 Å². The molecule has 0 radical (unpaired) electrons. The average Bonchev–Trinajstić information content (AvgIpc) is 2.73. The first-order valence-corrected chi connectivity index (χ1v) is 11.4. The Labute approximate surface area is 186 Å². The Kier molecular flexibility index (Phi) is 8.15. The number of ether oxygens (including phenoxy) is 1. The molecule has 0 spiro atoms. The zero-order valence-corrected chi connectivity index (χ0v) is 19.4.